The molecule has 0 unspecified atom stereocenters. The van der Waals surface area contributed by atoms with E-state index in [1.807, 2.05) is 0 Å². The molecule has 6 nitrogen and oxygen atoms in total. The fourth-order valence-corrected chi connectivity index (χ4v) is 5.85. The van der Waals surface area contributed by atoms with Crippen LogP contribution >= 0.6 is 23.2 Å². The quantitative estimate of drug-likeness (QED) is 0.436. The molecule has 10 heteroatoms. The van der Waals surface area contributed by atoms with E-state index < -0.39 is 26.3 Å². The van der Waals surface area contributed by atoms with Gasteiger partial charge in [0.05, 0.1) is 32.2 Å². The Morgan fingerprint density at radius 1 is 0.794 bits per heavy atom. The third-order valence-corrected chi connectivity index (χ3v) is 8.55. The summed E-state index contributed by atoms with van der Waals surface area (Å²) in [5, 5.41) is 9.54. The van der Waals surface area contributed by atoms with Crippen LogP contribution in [0.25, 0.3) is 11.1 Å². The largest absolute Gasteiger partial charge is 0.395 e. The van der Waals surface area contributed by atoms with Crippen molar-refractivity contribution in [2.24, 2.45) is 0 Å². The van der Waals surface area contributed by atoms with Crippen LogP contribution in [0.15, 0.2) is 70.5 Å². The first-order valence-electron chi connectivity index (χ1n) is 10.1. The molecule has 0 amide bonds. The van der Waals surface area contributed by atoms with Gasteiger partial charge in [0.15, 0.2) is 19.7 Å². The van der Waals surface area contributed by atoms with Crippen molar-refractivity contribution < 1.29 is 26.7 Å². The van der Waals surface area contributed by atoms with Crippen LogP contribution in [0.3, 0.4) is 0 Å². The molecule has 0 heterocycles. The molecular formula is C24H22Cl2O6S2. The smallest absolute Gasteiger partial charge is 0.180 e. The number of benzene rings is 3. The van der Waals surface area contributed by atoms with E-state index >= 15 is 0 Å². The van der Waals surface area contributed by atoms with Crippen molar-refractivity contribution in [1.82, 2.24) is 0 Å². The lowest BCUT2D eigenvalue weighted by Gasteiger charge is -2.11. The minimum absolute atomic E-state index is 0.0807. The van der Waals surface area contributed by atoms with Gasteiger partial charge < -0.3 is 5.11 Å². The molecule has 3 rings (SSSR count). The van der Waals surface area contributed by atoms with E-state index in [1.165, 1.54) is 24.3 Å². The number of hydrogen-bond acceptors (Lipinski definition) is 6. The maximum Gasteiger partial charge on any atom is 0.180 e. The van der Waals surface area contributed by atoms with Gasteiger partial charge in [0, 0.05) is 24.7 Å². The molecular weight excluding hydrogens is 519 g/mol. The minimum atomic E-state index is -3.54. The molecule has 34 heavy (non-hydrogen) atoms. The first kappa shape index (κ1) is 26.4. The predicted octanol–water partition coefficient (Wildman–Crippen LogP) is 4.18. The van der Waals surface area contributed by atoms with E-state index in [2.05, 4.69) is 0 Å². The second kappa shape index (κ2) is 10.6. The van der Waals surface area contributed by atoms with Crippen molar-refractivity contribution in [3.05, 3.63) is 81.8 Å². The van der Waals surface area contributed by atoms with Crippen molar-refractivity contribution in [2.45, 2.75) is 22.6 Å². The van der Waals surface area contributed by atoms with Gasteiger partial charge in [0.1, 0.15) is 5.78 Å². The molecule has 3 aromatic rings. The normalized spacial score (nSPS) is 12.0. The average Bonchev–Trinajstić information content (AvgIpc) is 2.73. The number of hydrogen-bond donors (Lipinski definition) is 1. The average molecular weight is 541 g/mol. The SMILES string of the molecule is CS(=O)(=O)c1ccc(-c2c(Cl)cc(CC(=O)Cc3ccc(S(=O)(=O)CCO)cc3)cc2Cl)cc1. The number of carbonyl (C=O) groups is 1. The Bertz CT molecular complexity index is 1390. The second-order valence-corrected chi connectivity index (χ2v) is 12.7. The Morgan fingerprint density at radius 3 is 1.79 bits per heavy atom. The summed E-state index contributed by atoms with van der Waals surface area (Å²) in [6, 6.07) is 15.5. The zero-order chi connectivity index (χ0) is 25.1. The Kier molecular flexibility index (Phi) is 8.21. The fourth-order valence-electron chi connectivity index (χ4n) is 3.44. The molecule has 0 aromatic heterocycles. The molecule has 0 aliphatic heterocycles. The minimum Gasteiger partial charge on any atom is -0.395 e. The van der Waals surface area contributed by atoms with Gasteiger partial charge in [-0.1, -0.05) is 47.5 Å². The van der Waals surface area contributed by atoms with Crippen LogP contribution in [0, 0.1) is 0 Å². The maximum atomic E-state index is 12.6. The Morgan fingerprint density at radius 2 is 1.29 bits per heavy atom. The van der Waals surface area contributed by atoms with Gasteiger partial charge >= 0.3 is 0 Å². The lowest BCUT2D eigenvalue weighted by Crippen LogP contribution is -2.10. The molecule has 0 fully saturated rings. The van der Waals surface area contributed by atoms with Crippen LogP contribution in [0.2, 0.25) is 10.0 Å². The van der Waals surface area contributed by atoms with E-state index in [0.717, 1.165) is 6.26 Å². The van der Waals surface area contributed by atoms with Crippen molar-refractivity contribution in [2.75, 3.05) is 18.6 Å². The highest BCUT2D eigenvalue weighted by molar-refractivity contribution is 7.91. The molecule has 0 spiro atoms. The molecule has 0 atom stereocenters. The monoisotopic (exact) mass is 540 g/mol. The molecule has 0 saturated carbocycles. The maximum absolute atomic E-state index is 12.6. The lowest BCUT2D eigenvalue weighted by atomic mass is 9.99. The summed E-state index contributed by atoms with van der Waals surface area (Å²) in [5.41, 5.74) is 2.47. The Balaban J connectivity index is 1.73. The number of rotatable bonds is 9. The van der Waals surface area contributed by atoms with Crippen LogP contribution in [-0.2, 0) is 37.3 Å². The van der Waals surface area contributed by atoms with Gasteiger partial charge in [-0.15, -0.1) is 0 Å². The zero-order valence-electron chi connectivity index (χ0n) is 18.2. The van der Waals surface area contributed by atoms with Crippen LogP contribution in [0.5, 0.6) is 0 Å². The van der Waals surface area contributed by atoms with E-state index in [4.69, 9.17) is 28.3 Å². The first-order chi connectivity index (χ1) is 15.9. The van der Waals surface area contributed by atoms with Gasteiger partial charge in [-0.25, -0.2) is 16.8 Å². The molecule has 0 aliphatic carbocycles. The Hall–Kier alpha value is -2.23. The van der Waals surface area contributed by atoms with Crippen molar-refractivity contribution in [1.29, 1.82) is 0 Å². The molecule has 0 saturated heterocycles. The number of halogens is 2. The number of aliphatic hydroxyl groups is 1. The summed E-state index contributed by atoms with van der Waals surface area (Å²) in [6.07, 6.45) is 1.31. The second-order valence-electron chi connectivity index (χ2n) is 7.81. The van der Waals surface area contributed by atoms with Gasteiger partial charge in [0.2, 0.25) is 0 Å². The van der Waals surface area contributed by atoms with Gasteiger partial charge in [-0.3, -0.25) is 4.79 Å². The van der Waals surface area contributed by atoms with Crippen LogP contribution in [0.1, 0.15) is 11.1 Å². The van der Waals surface area contributed by atoms with Gasteiger partial charge in [-0.2, -0.15) is 0 Å². The highest BCUT2D eigenvalue weighted by Crippen LogP contribution is 2.36. The standard InChI is InChI=1S/C24H22Cl2O6S2/c1-33(29,30)20-8-4-18(5-9-20)24-22(25)14-17(15-23(24)26)13-19(28)12-16-2-6-21(7-3-16)34(31,32)11-10-27/h2-9,14-15,27H,10-13H2,1H3. The highest BCUT2D eigenvalue weighted by Gasteiger charge is 2.16. The summed E-state index contributed by atoms with van der Waals surface area (Å²) < 4.78 is 47.3. The van der Waals surface area contributed by atoms with Gasteiger partial charge in [0.25, 0.3) is 0 Å². The number of sulfone groups is 2. The number of aliphatic hydroxyl groups excluding tert-OH is 1. The fraction of sp³-hybridized carbons (Fsp3) is 0.208. The summed E-state index contributed by atoms with van der Waals surface area (Å²) in [7, 11) is -6.87. The molecule has 180 valence electrons. The van der Waals surface area contributed by atoms with Gasteiger partial charge in [-0.05, 0) is 53.1 Å². The van der Waals surface area contributed by atoms with E-state index in [0.29, 0.717) is 32.3 Å². The van der Waals surface area contributed by atoms with Crippen LogP contribution in [-0.4, -0.2) is 46.3 Å². The topological polar surface area (TPSA) is 106 Å². The summed E-state index contributed by atoms with van der Waals surface area (Å²) >= 11 is 12.9. The Labute approximate surface area is 209 Å². The lowest BCUT2D eigenvalue weighted by molar-refractivity contribution is -0.117. The summed E-state index contributed by atoms with van der Waals surface area (Å²) in [5.74, 6) is -0.465. The van der Waals surface area contributed by atoms with Crippen molar-refractivity contribution in [3.8, 4) is 11.1 Å². The molecule has 0 aliphatic rings. The molecule has 0 radical (unpaired) electrons. The van der Waals surface area contributed by atoms with Crippen LogP contribution < -0.4 is 0 Å². The molecule has 1 N–H and O–H groups in total. The van der Waals surface area contributed by atoms with Crippen molar-refractivity contribution >= 4 is 48.7 Å². The molecule has 0 bridgehead atoms. The number of Topliss-reactive ketones (excluding diaryl/α,β-unsaturated/α-hetero) is 1. The number of ketones is 1. The van der Waals surface area contributed by atoms with E-state index in [9.17, 15) is 21.6 Å². The van der Waals surface area contributed by atoms with E-state index in [1.54, 1.807) is 36.4 Å². The van der Waals surface area contributed by atoms with E-state index in [-0.39, 0.29) is 34.2 Å². The third-order valence-electron chi connectivity index (χ3n) is 5.12. The zero-order valence-corrected chi connectivity index (χ0v) is 21.3. The highest BCUT2D eigenvalue weighted by atomic mass is 35.5. The van der Waals surface area contributed by atoms with Crippen LogP contribution in [0.4, 0.5) is 0 Å². The van der Waals surface area contributed by atoms with Crippen molar-refractivity contribution in [3.63, 3.8) is 0 Å². The predicted molar refractivity (Wildman–Crippen MR) is 133 cm³/mol. The molecule has 3 aromatic carbocycles. The summed E-state index contributed by atoms with van der Waals surface area (Å²) in [4.78, 5) is 12.9. The third kappa shape index (κ3) is 6.46. The first-order valence-corrected chi connectivity index (χ1v) is 14.4. The summed E-state index contributed by atoms with van der Waals surface area (Å²) in [6.45, 7) is -0.460. The number of carbonyl (C=O) groups excluding carboxylic acids is 1.